The first-order chi connectivity index (χ1) is 22.3. The number of benzene rings is 2. The first-order valence-corrected chi connectivity index (χ1v) is 16.9. The molecule has 0 aliphatic rings. The molecule has 46 heavy (non-hydrogen) atoms. The van der Waals surface area contributed by atoms with Gasteiger partial charge in [0.25, 0.3) is 0 Å². The maximum absolute atomic E-state index is 12.7. The molecule has 0 saturated carbocycles. The molecule has 1 unspecified atom stereocenters. The standard InChI is InChI=1S/C39H53N5O2/c1-6-8-9-10-11-12-13-14-15-16-17-21-38(45)46-30-44(36-24-22-34(29-41)23-25-36)33(5)42-37(19-7-2)43-39-31(3)27-35(20-18-26-40)28-32(39)4/h7,18-20,22-25,27-28,33H,6,8-17,21,30H2,1-5H3,(H,42,43)/b19-7-,20-18+. The lowest BCUT2D eigenvalue weighted by Crippen LogP contribution is -2.36. The number of amidine groups is 1. The van der Waals surface area contributed by atoms with Gasteiger partial charge < -0.3 is 15.0 Å². The molecular formula is C39H53N5O2. The first-order valence-electron chi connectivity index (χ1n) is 16.9. The summed E-state index contributed by atoms with van der Waals surface area (Å²) in [5, 5.41) is 21.7. The molecule has 246 valence electrons. The molecule has 0 aliphatic heterocycles. The Morgan fingerprint density at radius 1 is 0.957 bits per heavy atom. The van der Waals surface area contributed by atoms with Crippen LogP contribution in [0.25, 0.3) is 6.08 Å². The van der Waals surface area contributed by atoms with Crippen molar-refractivity contribution in [3.05, 3.63) is 76.9 Å². The summed E-state index contributed by atoms with van der Waals surface area (Å²) in [4.78, 5) is 19.6. The van der Waals surface area contributed by atoms with Crippen LogP contribution in [0, 0.1) is 36.5 Å². The van der Waals surface area contributed by atoms with Crippen LogP contribution in [0.5, 0.6) is 0 Å². The number of hydrogen-bond donors (Lipinski definition) is 1. The molecule has 0 fully saturated rings. The minimum absolute atomic E-state index is 0.0501. The van der Waals surface area contributed by atoms with Crippen LogP contribution in [0.4, 0.5) is 11.4 Å². The van der Waals surface area contributed by atoms with Crippen molar-refractivity contribution in [1.82, 2.24) is 0 Å². The highest BCUT2D eigenvalue weighted by Gasteiger charge is 2.17. The molecule has 7 heteroatoms. The summed E-state index contributed by atoms with van der Waals surface area (Å²) >= 11 is 0. The van der Waals surface area contributed by atoms with E-state index in [1.807, 2.05) is 75.1 Å². The number of nitrogens with one attached hydrogen (secondary N) is 1. The van der Waals surface area contributed by atoms with Gasteiger partial charge in [-0.25, -0.2) is 4.99 Å². The number of nitrogens with zero attached hydrogens (tertiary/aromatic N) is 4. The number of hydrogen-bond acceptors (Lipinski definition) is 6. The normalized spacial score (nSPS) is 12.2. The second kappa shape index (κ2) is 22.2. The van der Waals surface area contributed by atoms with Gasteiger partial charge in [0, 0.05) is 23.9 Å². The van der Waals surface area contributed by atoms with Crippen molar-refractivity contribution in [2.24, 2.45) is 4.99 Å². The third kappa shape index (κ3) is 14.2. The van der Waals surface area contributed by atoms with Gasteiger partial charge in [0.1, 0.15) is 12.0 Å². The van der Waals surface area contributed by atoms with Crippen molar-refractivity contribution in [2.75, 3.05) is 16.9 Å². The van der Waals surface area contributed by atoms with E-state index in [1.54, 1.807) is 18.2 Å². The van der Waals surface area contributed by atoms with Crippen LogP contribution in [-0.2, 0) is 9.53 Å². The molecule has 0 bridgehead atoms. The lowest BCUT2D eigenvalue weighted by atomic mass is 10.0. The van der Waals surface area contributed by atoms with Gasteiger partial charge in [0.05, 0.1) is 17.7 Å². The van der Waals surface area contributed by atoms with Crippen LogP contribution < -0.4 is 10.2 Å². The lowest BCUT2D eigenvalue weighted by molar-refractivity contribution is -0.143. The Morgan fingerprint density at radius 2 is 1.54 bits per heavy atom. The molecule has 2 rings (SSSR count). The molecule has 1 atom stereocenters. The van der Waals surface area contributed by atoms with Crippen LogP contribution in [0.1, 0.15) is 120 Å². The minimum Gasteiger partial charge on any atom is -0.444 e. The number of carbonyl (C=O) groups is 1. The molecule has 0 heterocycles. The van der Waals surface area contributed by atoms with Gasteiger partial charge >= 0.3 is 5.97 Å². The van der Waals surface area contributed by atoms with Crippen LogP contribution >= 0.6 is 0 Å². The molecule has 0 saturated heterocycles. The molecule has 0 aliphatic carbocycles. The van der Waals surface area contributed by atoms with Gasteiger partial charge in [-0.2, -0.15) is 10.5 Å². The van der Waals surface area contributed by atoms with Gasteiger partial charge in [-0.1, -0.05) is 77.2 Å². The third-order valence-corrected chi connectivity index (χ3v) is 7.94. The fourth-order valence-electron chi connectivity index (χ4n) is 5.37. The number of aliphatic imine (C=N–C) groups is 1. The number of aryl methyl sites for hydroxylation is 2. The van der Waals surface area contributed by atoms with Crippen molar-refractivity contribution in [3.8, 4) is 12.1 Å². The summed E-state index contributed by atoms with van der Waals surface area (Å²) in [6, 6.07) is 15.5. The zero-order valence-corrected chi connectivity index (χ0v) is 28.6. The Morgan fingerprint density at radius 3 is 2.09 bits per heavy atom. The summed E-state index contributed by atoms with van der Waals surface area (Å²) in [5.74, 6) is 0.446. The fourth-order valence-corrected chi connectivity index (χ4v) is 5.37. The number of carbonyl (C=O) groups excluding carboxylic acids is 1. The summed E-state index contributed by atoms with van der Waals surface area (Å²) in [5.41, 5.74) is 5.33. The van der Waals surface area contributed by atoms with E-state index in [0.29, 0.717) is 17.8 Å². The Kier molecular flexibility index (Phi) is 18.3. The van der Waals surface area contributed by atoms with E-state index in [2.05, 4.69) is 18.3 Å². The highest BCUT2D eigenvalue weighted by molar-refractivity contribution is 6.04. The van der Waals surface area contributed by atoms with Crippen molar-refractivity contribution in [3.63, 3.8) is 0 Å². The van der Waals surface area contributed by atoms with Crippen molar-refractivity contribution >= 4 is 29.3 Å². The van der Waals surface area contributed by atoms with E-state index >= 15 is 0 Å². The van der Waals surface area contributed by atoms with E-state index in [-0.39, 0.29) is 18.9 Å². The van der Waals surface area contributed by atoms with Gasteiger partial charge in [-0.15, -0.1) is 0 Å². The Labute approximate surface area is 277 Å². The molecule has 0 radical (unpaired) electrons. The summed E-state index contributed by atoms with van der Waals surface area (Å²) < 4.78 is 5.76. The Hall–Kier alpha value is -4.36. The number of unbranched alkanes of at least 4 members (excludes halogenated alkanes) is 10. The topological polar surface area (TPSA) is 102 Å². The molecule has 2 aromatic carbocycles. The van der Waals surface area contributed by atoms with Crippen LogP contribution in [0.3, 0.4) is 0 Å². The summed E-state index contributed by atoms with van der Waals surface area (Å²) in [7, 11) is 0. The smallest absolute Gasteiger partial charge is 0.307 e. The maximum Gasteiger partial charge on any atom is 0.307 e. The predicted octanol–water partition coefficient (Wildman–Crippen LogP) is 10.2. The molecule has 2 aromatic rings. The molecular weight excluding hydrogens is 570 g/mol. The average Bonchev–Trinajstić information content (AvgIpc) is 3.04. The van der Waals surface area contributed by atoms with Gasteiger partial charge in [-0.05, 0) is 99.4 Å². The van der Waals surface area contributed by atoms with Gasteiger partial charge in [0.15, 0.2) is 6.73 Å². The third-order valence-electron chi connectivity index (χ3n) is 7.94. The van der Waals surface area contributed by atoms with Crippen molar-refractivity contribution < 1.29 is 9.53 Å². The zero-order chi connectivity index (χ0) is 33.6. The van der Waals surface area contributed by atoms with E-state index in [9.17, 15) is 10.1 Å². The number of nitriles is 2. The van der Waals surface area contributed by atoms with Crippen molar-refractivity contribution in [2.45, 2.75) is 118 Å². The lowest BCUT2D eigenvalue weighted by Gasteiger charge is -2.29. The average molecular weight is 624 g/mol. The van der Waals surface area contributed by atoms with E-state index < -0.39 is 0 Å². The molecule has 0 amide bonds. The number of anilines is 2. The SMILES string of the molecule is C/C=C\C(=N/C(C)N(COC(=O)CCCCCCCCCCCCC)c1ccc(C#N)cc1)Nc1c(C)cc(/C=C/C#N)cc1C. The quantitative estimate of drug-likeness (QED) is 0.0393. The maximum atomic E-state index is 12.7. The molecule has 7 nitrogen and oxygen atoms in total. The largest absolute Gasteiger partial charge is 0.444 e. The van der Waals surface area contributed by atoms with E-state index in [0.717, 1.165) is 47.3 Å². The molecule has 0 aromatic heterocycles. The monoisotopic (exact) mass is 623 g/mol. The zero-order valence-electron chi connectivity index (χ0n) is 28.6. The highest BCUT2D eigenvalue weighted by Crippen LogP contribution is 2.24. The van der Waals surface area contributed by atoms with E-state index in [4.69, 9.17) is 15.0 Å². The summed E-state index contributed by atoms with van der Waals surface area (Å²) in [6.07, 6.45) is 20.7. The first kappa shape index (κ1) is 37.8. The number of ether oxygens (including phenoxy) is 1. The second-order valence-electron chi connectivity index (χ2n) is 11.8. The van der Waals surface area contributed by atoms with Crippen molar-refractivity contribution in [1.29, 1.82) is 10.5 Å². The fraction of sp³-hybridized carbons (Fsp3) is 0.487. The summed E-state index contributed by atoms with van der Waals surface area (Å²) in [6.45, 7) is 10.2. The highest BCUT2D eigenvalue weighted by atomic mass is 16.5. The second-order valence-corrected chi connectivity index (χ2v) is 11.8. The predicted molar refractivity (Wildman–Crippen MR) is 192 cm³/mol. The van der Waals surface area contributed by atoms with Gasteiger partial charge in [0.2, 0.25) is 0 Å². The number of esters is 1. The van der Waals surface area contributed by atoms with Crippen LogP contribution in [0.15, 0.2) is 59.6 Å². The number of rotatable bonds is 20. The Bertz CT molecular complexity index is 1360. The minimum atomic E-state index is -0.389. The molecule has 0 spiro atoms. The Balaban J connectivity index is 2.05. The van der Waals surface area contributed by atoms with E-state index in [1.165, 1.54) is 57.4 Å². The number of allylic oxidation sites excluding steroid dienone is 2. The molecule has 1 N–H and O–H groups in total. The van der Waals surface area contributed by atoms with Crippen LogP contribution in [0.2, 0.25) is 0 Å². The van der Waals surface area contributed by atoms with Gasteiger partial charge in [-0.3, -0.25) is 4.79 Å². The van der Waals surface area contributed by atoms with Crippen LogP contribution in [-0.4, -0.2) is 24.7 Å².